The Kier molecular flexibility index (Phi) is 6.53. The van der Waals surface area contributed by atoms with Crippen LogP contribution in [-0.4, -0.2) is 65.5 Å². The lowest BCUT2D eigenvalue weighted by molar-refractivity contribution is -0.137. The molecule has 1 aliphatic heterocycles. The van der Waals surface area contributed by atoms with Crippen LogP contribution in [0.5, 0.6) is 0 Å². The van der Waals surface area contributed by atoms with Gasteiger partial charge in [-0.2, -0.15) is 0 Å². The Bertz CT molecular complexity index is 571. The van der Waals surface area contributed by atoms with Gasteiger partial charge in [0.15, 0.2) is 0 Å². The third-order valence-corrected chi connectivity index (χ3v) is 3.66. The highest BCUT2D eigenvalue weighted by Crippen LogP contribution is 2.06. The molecule has 0 unspecified atom stereocenters. The van der Waals surface area contributed by atoms with Gasteiger partial charge in [-0.15, -0.1) is 0 Å². The number of carbonyl (C=O) groups is 3. The van der Waals surface area contributed by atoms with Gasteiger partial charge in [0, 0.05) is 32.4 Å². The van der Waals surface area contributed by atoms with E-state index in [0.717, 1.165) is 5.69 Å². The fraction of sp³-hybridized carbons (Fsp3) is 0.500. The highest BCUT2D eigenvalue weighted by atomic mass is 16.6. The topological polar surface area (TPSA) is 91.8 Å². The Morgan fingerprint density at radius 1 is 1.17 bits per heavy atom. The number of hydrogen-bond acceptors (Lipinski definition) is 5. The van der Waals surface area contributed by atoms with E-state index in [1.807, 2.05) is 6.07 Å². The molecule has 0 atom stereocenters. The van der Waals surface area contributed by atoms with Crippen LogP contribution in [0, 0.1) is 0 Å². The van der Waals surface area contributed by atoms with Crippen molar-refractivity contribution in [1.29, 1.82) is 0 Å². The van der Waals surface area contributed by atoms with Crippen LogP contribution in [-0.2, 0) is 20.9 Å². The van der Waals surface area contributed by atoms with Crippen molar-refractivity contribution >= 4 is 17.9 Å². The lowest BCUT2D eigenvalue weighted by Crippen LogP contribution is -2.51. The maximum atomic E-state index is 12.1. The normalized spacial score (nSPS) is 14.2. The summed E-state index contributed by atoms with van der Waals surface area (Å²) in [5.41, 5.74) is 0.737. The summed E-state index contributed by atoms with van der Waals surface area (Å²) in [6.07, 6.45) is 1.08. The summed E-state index contributed by atoms with van der Waals surface area (Å²) in [6.45, 7) is 4.02. The Balaban J connectivity index is 1.71. The minimum absolute atomic E-state index is 0.202. The molecule has 1 fully saturated rings. The van der Waals surface area contributed by atoms with E-state index in [4.69, 9.17) is 4.74 Å². The lowest BCUT2D eigenvalue weighted by atomic mass is 10.2. The highest BCUT2D eigenvalue weighted by Gasteiger charge is 2.25. The number of hydrogen-bond donors (Lipinski definition) is 1. The molecule has 0 saturated carbocycles. The van der Waals surface area contributed by atoms with Crippen molar-refractivity contribution in [1.82, 2.24) is 20.1 Å². The van der Waals surface area contributed by atoms with E-state index in [9.17, 15) is 14.4 Å². The van der Waals surface area contributed by atoms with E-state index in [1.54, 1.807) is 35.1 Å². The zero-order valence-electron chi connectivity index (χ0n) is 13.7. The summed E-state index contributed by atoms with van der Waals surface area (Å²) in [4.78, 5) is 42.9. The van der Waals surface area contributed by atoms with Crippen molar-refractivity contribution in [2.24, 2.45) is 0 Å². The molecule has 1 aliphatic rings. The molecule has 8 heteroatoms. The second-order valence-corrected chi connectivity index (χ2v) is 5.34. The van der Waals surface area contributed by atoms with Gasteiger partial charge in [0.2, 0.25) is 11.8 Å². The summed E-state index contributed by atoms with van der Waals surface area (Å²) >= 11 is 0. The molecule has 24 heavy (non-hydrogen) atoms. The number of piperazine rings is 1. The molecule has 0 radical (unpaired) electrons. The first kappa shape index (κ1) is 17.7. The van der Waals surface area contributed by atoms with Gasteiger partial charge in [0.1, 0.15) is 6.42 Å². The van der Waals surface area contributed by atoms with Gasteiger partial charge in [-0.25, -0.2) is 4.79 Å². The van der Waals surface area contributed by atoms with E-state index < -0.39 is 0 Å². The maximum Gasteiger partial charge on any atom is 0.409 e. The average Bonchev–Trinajstić information content (AvgIpc) is 2.61. The number of rotatable bonds is 5. The maximum absolute atomic E-state index is 12.1. The second kappa shape index (κ2) is 8.85. The summed E-state index contributed by atoms with van der Waals surface area (Å²) < 4.78 is 4.93. The van der Waals surface area contributed by atoms with Gasteiger partial charge in [0.05, 0.1) is 18.8 Å². The number of ether oxygens (including phenoxy) is 1. The molecule has 2 heterocycles. The van der Waals surface area contributed by atoms with E-state index in [1.165, 1.54) is 0 Å². The molecule has 0 spiro atoms. The van der Waals surface area contributed by atoms with Crippen LogP contribution in [0.3, 0.4) is 0 Å². The molecule has 1 aromatic heterocycles. The van der Waals surface area contributed by atoms with Crippen LogP contribution >= 0.6 is 0 Å². The minimum atomic E-state index is -0.363. The molecule has 3 amide bonds. The monoisotopic (exact) mass is 334 g/mol. The SMILES string of the molecule is CCOC(=O)N1CCN(C(=O)CC(=O)NCc2ccccn2)CC1. The molecule has 1 aromatic rings. The third-order valence-electron chi connectivity index (χ3n) is 3.66. The summed E-state index contributed by atoms with van der Waals surface area (Å²) in [5, 5.41) is 2.68. The van der Waals surface area contributed by atoms with Crippen LogP contribution in [0.2, 0.25) is 0 Å². The molecular weight excluding hydrogens is 312 g/mol. The Morgan fingerprint density at radius 3 is 2.50 bits per heavy atom. The van der Waals surface area contributed by atoms with E-state index in [-0.39, 0.29) is 24.3 Å². The van der Waals surface area contributed by atoms with Crippen LogP contribution in [0.1, 0.15) is 19.0 Å². The van der Waals surface area contributed by atoms with Crippen LogP contribution in [0.15, 0.2) is 24.4 Å². The number of carbonyl (C=O) groups excluding carboxylic acids is 3. The number of pyridine rings is 1. The van der Waals surface area contributed by atoms with E-state index >= 15 is 0 Å². The lowest BCUT2D eigenvalue weighted by Gasteiger charge is -2.34. The molecule has 8 nitrogen and oxygen atoms in total. The van der Waals surface area contributed by atoms with Gasteiger partial charge >= 0.3 is 6.09 Å². The zero-order chi connectivity index (χ0) is 17.4. The molecule has 0 bridgehead atoms. The first-order valence-electron chi connectivity index (χ1n) is 7.96. The fourth-order valence-electron chi connectivity index (χ4n) is 2.36. The van der Waals surface area contributed by atoms with Crippen molar-refractivity contribution in [3.63, 3.8) is 0 Å². The third kappa shape index (κ3) is 5.22. The van der Waals surface area contributed by atoms with Gasteiger partial charge in [-0.05, 0) is 19.1 Å². The van der Waals surface area contributed by atoms with Crippen molar-refractivity contribution in [2.45, 2.75) is 19.9 Å². The number of amides is 3. The number of nitrogens with one attached hydrogen (secondary N) is 1. The summed E-state index contributed by atoms with van der Waals surface area (Å²) in [5.74, 6) is -0.574. The standard InChI is InChI=1S/C16H22N4O4/c1-2-24-16(23)20-9-7-19(8-10-20)15(22)11-14(21)18-12-13-5-3-4-6-17-13/h3-6H,2,7-12H2,1H3,(H,18,21). The second-order valence-electron chi connectivity index (χ2n) is 5.34. The Hall–Kier alpha value is -2.64. The van der Waals surface area contributed by atoms with Crippen LogP contribution in [0.25, 0.3) is 0 Å². The Labute approximate surface area is 140 Å². The summed E-state index contributed by atoms with van der Waals surface area (Å²) in [6, 6.07) is 5.43. The Morgan fingerprint density at radius 2 is 1.88 bits per heavy atom. The molecule has 0 aromatic carbocycles. The molecular formula is C16H22N4O4. The largest absolute Gasteiger partial charge is 0.450 e. The average molecular weight is 334 g/mol. The van der Waals surface area contributed by atoms with Gasteiger partial charge in [-0.1, -0.05) is 6.07 Å². The predicted molar refractivity (Wildman–Crippen MR) is 85.9 cm³/mol. The molecule has 130 valence electrons. The molecule has 2 rings (SSSR count). The summed E-state index contributed by atoms with van der Waals surface area (Å²) in [7, 11) is 0. The fourth-order valence-corrected chi connectivity index (χ4v) is 2.36. The van der Waals surface area contributed by atoms with Crippen LogP contribution < -0.4 is 5.32 Å². The number of aromatic nitrogens is 1. The quantitative estimate of drug-likeness (QED) is 0.787. The van der Waals surface area contributed by atoms with Crippen molar-refractivity contribution < 1.29 is 19.1 Å². The predicted octanol–water partition coefficient (Wildman–Crippen LogP) is 0.389. The van der Waals surface area contributed by atoms with Gasteiger partial charge in [-0.3, -0.25) is 14.6 Å². The van der Waals surface area contributed by atoms with Crippen molar-refractivity contribution in [3.8, 4) is 0 Å². The smallest absolute Gasteiger partial charge is 0.409 e. The first-order chi connectivity index (χ1) is 11.6. The van der Waals surface area contributed by atoms with Crippen molar-refractivity contribution in [3.05, 3.63) is 30.1 Å². The highest BCUT2D eigenvalue weighted by molar-refractivity contribution is 5.96. The first-order valence-corrected chi connectivity index (χ1v) is 7.96. The van der Waals surface area contributed by atoms with E-state index in [0.29, 0.717) is 39.3 Å². The van der Waals surface area contributed by atoms with Gasteiger partial charge < -0.3 is 19.9 Å². The van der Waals surface area contributed by atoms with Crippen LogP contribution in [0.4, 0.5) is 4.79 Å². The van der Waals surface area contributed by atoms with E-state index in [2.05, 4.69) is 10.3 Å². The number of nitrogens with zero attached hydrogens (tertiary/aromatic N) is 3. The minimum Gasteiger partial charge on any atom is -0.450 e. The van der Waals surface area contributed by atoms with Crippen molar-refractivity contribution in [2.75, 3.05) is 32.8 Å². The van der Waals surface area contributed by atoms with Gasteiger partial charge in [0.25, 0.3) is 0 Å². The molecule has 1 saturated heterocycles. The molecule has 0 aliphatic carbocycles. The molecule has 1 N–H and O–H groups in total. The zero-order valence-corrected chi connectivity index (χ0v) is 13.7.